The minimum absolute atomic E-state index is 0.168. The molecule has 0 aliphatic rings. The highest BCUT2D eigenvalue weighted by molar-refractivity contribution is 6.43. The second kappa shape index (κ2) is 5.72. The van der Waals surface area contributed by atoms with Crippen LogP contribution in [0.2, 0.25) is 10.0 Å². The number of aromatic nitrogens is 2. The number of halogens is 3. The van der Waals surface area contributed by atoms with Crippen molar-refractivity contribution in [3.8, 4) is 11.4 Å². The summed E-state index contributed by atoms with van der Waals surface area (Å²) in [4.78, 5) is 8.27. The van der Waals surface area contributed by atoms with E-state index in [9.17, 15) is 4.39 Å². The zero-order valence-electron chi connectivity index (χ0n) is 10.5. The molecule has 0 amide bonds. The van der Waals surface area contributed by atoms with Crippen molar-refractivity contribution in [3.05, 3.63) is 39.8 Å². The first-order chi connectivity index (χ1) is 9.04. The largest absolute Gasteiger partial charge is 0.368 e. The van der Waals surface area contributed by atoms with Gasteiger partial charge in [0.1, 0.15) is 0 Å². The van der Waals surface area contributed by atoms with Gasteiger partial charge >= 0.3 is 0 Å². The van der Waals surface area contributed by atoms with Gasteiger partial charge in [0.05, 0.1) is 15.7 Å². The van der Waals surface area contributed by atoms with Crippen molar-refractivity contribution in [2.24, 2.45) is 0 Å². The SMILES string of the molecule is CCNc1nc(-c2cccc(Cl)c2Cl)nc(C)c1F. The van der Waals surface area contributed by atoms with Gasteiger partial charge in [-0.15, -0.1) is 0 Å². The summed E-state index contributed by atoms with van der Waals surface area (Å²) in [5.74, 6) is 0.0622. The Balaban J connectivity index is 2.59. The third-order valence-electron chi connectivity index (χ3n) is 2.55. The first kappa shape index (κ1) is 14.0. The zero-order valence-corrected chi connectivity index (χ0v) is 12.0. The molecule has 1 N–H and O–H groups in total. The topological polar surface area (TPSA) is 37.8 Å². The number of aryl methyl sites for hydroxylation is 1. The van der Waals surface area contributed by atoms with E-state index < -0.39 is 5.82 Å². The fourth-order valence-electron chi connectivity index (χ4n) is 1.64. The van der Waals surface area contributed by atoms with Crippen LogP contribution in [0.15, 0.2) is 18.2 Å². The highest BCUT2D eigenvalue weighted by Gasteiger charge is 2.15. The van der Waals surface area contributed by atoms with Crippen LogP contribution < -0.4 is 5.32 Å². The number of nitrogens with one attached hydrogen (secondary N) is 1. The van der Waals surface area contributed by atoms with E-state index in [1.165, 1.54) is 0 Å². The second-order valence-corrected chi connectivity index (χ2v) is 4.71. The lowest BCUT2D eigenvalue weighted by atomic mass is 10.2. The molecule has 1 heterocycles. The molecule has 0 radical (unpaired) electrons. The van der Waals surface area contributed by atoms with Gasteiger partial charge in [0.25, 0.3) is 0 Å². The Morgan fingerprint density at radius 1 is 1.26 bits per heavy atom. The number of rotatable bonds is 3. The Kier molecular flexibility index (Phi) is 4.22. The molecular weight excluding hydrogens is 288 g/mol. The Hall–Kier alpha value is -1.39. The van der Waals surface area contributed by atoms with Gasteiger partial charge in [-0.3, -0.25) is 0 Å². The van der Waals surface area contributed by atoms with Gasteiger partial charge in [0.2, 0.25) is 0 Å². The van der Waals surface area contributed by atoms with Crippen LogP contribution in [0.5, 0.6) is 0 Å². The minimum Gasteiger partial charge on any atom is -0.368 e. The first-order valence-corrected chi connectivity index (χ1v) is 6.52. The number of hydrogen-bond acceptors (Lipinski definition) is 3. The summed E-state index contributed by atoms with van der Waals surface area (Å²) in [6.07, 6.45) is 0. The Bertz CT molecular complexity index is 617. The van der Waals surface area contributed by atoms with Gasteiger partial charge in [-0.1, -0.05) is 29.3 Å². The molecule has 0 bridgehead atoms. The fourth-order valence-corrected chi connectivity index (χ4v) is 2.03. The summed E-state index contributed by atoms with van der Waals surface area (Å²) in [5.41, 5.74) is 0.841. The highest BCUT2D eigenvalue weighted by atomic mass is 35.5. The predicted octanol–water partition coefficient (Wildman–Crippen LogP) is 4.33. The van der Waals surface area contributed by atoms with Crippen molar-refractivity contribution in [1.82, 2.24) is 9.97 Å². The van der Waals surface area contributed by atoms with Gasteiger partial charge in [0, 0.05) is 12.1 Å². The van der Waals surface area contributed by atoms with E-state index in [0.717, 1.165) is 0 Å². The third-order valence-corrected chi connectivity index (χ3v) is 3.37. The number of anilines is 1. The molecule has 0 fully saturated rings. The van der Waals surface area contributed by atoms with E-state index in [1.54, 1.807) is 25.1 Å². The summed E-state index contributed by atoms with van der Waals surface area (Å²) in [5, 5.41) is 3.63. The van der Waals surface area contributed by atoms with Crippen molar-refractivity contribution in [1.29, 1.82) is 0 Å². The van der Waals surface area contributed by atoms with Crippen molar-refractivity contribution >= 4 is 29.0 Å². The van der Waals surface area contributed by atoms with Gasteiger partial charge in [0.15, 0.2) is 17.5 Å². The highest BCUT2D eigenvalue weighted by Crippen LogP contribution is 2.32. The Labute approximate surface area is 120 Å². The lowest BCUT2D eigenvalue weighted by Crippen LogP contribution is -2.07. The van der Waals surface area contributed by atoms with Crippen LogP contribution in [0.25, 0.3) is 11.4 Å². The Morgan fingerprint density at radius 3 is 2.68 bits per heavy atom. The van der Waals surface area contributed by atoms with Crippen molar-refractivity contribution < 1.29 is 4.39 Å². The van der Waals surface area contributed by atoms with E-state index in [-0.39, 0.29) is 11.5 Å². The van der Waals surface area contributed by atoms with E-state index >= 15 is 0 Å². The summed E-state index contributed by atoms with van der Waals surface area (Å²) in [6.45, 7) is 4.01. The maximum atomic E-state index is 13.8. The van der Waals surface area contributed by atoms with Gasteiger partial charge in [-0.05, 0) is 26.0 Å². The second-order valence-electron chi connectivity index (χ2n) is 3.93. The number of hydrogen-bond donors (Lipinski definition) is 1. The molecule has 100 valence electrons. The van der Waals surface area contributed by atoms with Crippen LogP contribution >= 0.6 is 23.2 Å². The molecule has 0 aliphatic carbocycles. The van der Waals surface area contributed by atoms with Crippen LogP contribution in [-0.4, -0.2) is 16.5 Å². The van der Waals surface area contributed by atoms with Crippen molar-refractivity contribution in [2.45, 2.75) is 13.8 Å². The monoisotopic (exact) mass is 299 g/mol. The summed E-state index contributed by atoms with van der Waals surface area (Å²) < 4.78 is 13.8. The molecule has 1 aromatic carbocycles. The molecule has 0 saturated carbocycles. The van der Waals surface area contributed by atoms with Crippen LogP contribution in [0.3, 0.4) is 0 Å². The van der Waals surface area contributed by atoms with E-state index in [2.05, 4.69) is 15.3 Å². The average molecular weight is 300 g/mol. The maximum absolute atomic E-state index is 13.8. The average Bonchev–Trinajstić information content (AvgIpc) is 2.38. The van der Waals surface area contributed by atoms with E-state index in [0.29, 0.717) is 28.0 Å². The van der Waals surface area contributed by atoms with Crippen LogP contribution in [0.4, 0.5) is 10.2 Å². The standard InChI is InChI=1S/C13H12Cl2FN3/c1-3-17-13-11(16)7(2)18-12(19-13)8-5-4-6-9(14)10(8)15/h4-6H,3H2,1-2H3,(H,17,18,19). The van der Waals surface area contributed by atoms with Crippen LogP contribution in [0.1, 0.15) is 12.6 Å². The summed E-state index contributed by atoms with van der Waals surface area (Å²) in [7, 11) is 0. The Morgan fingerprint density at radius 2 is 2.00 bits per heavy atom. The molecule has 0 atom stereocenters. The molecule has 0 spiro atoms. The van der Waals surface area contributed by atoms with Gasteiger partial charge in [-0.2, -0.15) is 0 Å². The lowest BCUT2D eigenvalue weighted by Gasteiger charge is -2.10. The number of nitrogens with zero attached hydrogens (tertiary/aromatic N) is 2. The molecular formula is C13H12Cl2FN3. The predicted molar refractivity (Wildman–Crippen MR) is 76.3 cm³/mol. The molecule has 2 rings (SSSR count). The van der Waals surface area contributed by atoms with Gasteiger partial charge in [-0.25, -0.2) is 14.4 Å². The van der Waals surface area contributed by atoms with Crippen LogP contribution in [0, 0.1) is 12.7 Å². The summed E-state index contributed by atoms with van der Waals surface area (Å²) >= 11 is 12.1. The molecule has 19 heavy (non-hydrogen) atoms. The van der Waals surface area contributed by atoms with Crippen molar-refractivity contribution in [3.63, 3.8) is 0 Å². The minimum atomic E-state index is -0.455. The zero-order chi connectivity index (χ0) is 14.0. The van der Waals surface area contributed by atoms with Crippen molar-refractivity contribution in [2.75, 3.05) is 11.9 Å². The molecule has 0 aliphatic heterocycles. The van der Waals surface area contributed by atoms with E-state index in [1.807, 2.05) is 6.92 Å². The van der Waals surface area contributed by atoms with Gasteiger partial charge < -0.3 is 5.32 Å². The quantitative estimate of drug-likeness (QED) is 0.916. The third kappa shape index (κ3) is 2.80. The first-order valence-electron chi connectivity index (χ1n) is 5.77. The fraction of sp³-hybridized carbons (Fsp3) is 0.231. The number of benzene rings is 1. The lowest BCUT2D eigenvalue weighted by molar-refractivity contribution is 0.606. The molecule has 1 aromatic heterocycles. The molecule has 0 unspecified atom stereocenters. The molecule has 2 aromatic rings. The normalized spacial score (nSPS) is 10.6. The van der Waals surface area contributed by atoms with Crippen LogP contribution in [-0.2, 0) is 0 Å². The summed E-state index contributed by atoms with van der Waals surface area (Å²) in [6, 6.07) is 5.17. The molecule has 0 saturated heterocycles. The molecule has 3 nitrogen and oxygen atoms in total. The van der Waals surface area contributed by atoms with E-state index in [4.69, 9.17) is 23.2 Å². The maximum Gasteiger partial charge on any atom is 0.186 e. The smallest absolute Gasteiger partial charge is 0.186 e. The molecule has 6 heteroatoms.